The molecule has 8 heteroatoms. The number of carbonyl (C=O) groups is 3. The number of carboxylic acid groups (broad SMARTS) is 1. The van der Waals surface area contributed by atoms with Crippen molar-refractivity contribution >= 4 is 39.3 Å². The third-order valence-electron chi connectivity index (χ3n) is 4.18. The van der Waals surface area contributed by atoms with Gasteiger partial charge in [-0.05, 0) is 18.6 Å². The van der Waals surface area contributed by atoms with Crippen molar-refractivity contribution in [1.29, 1.82) is 0 Å². The number of amides is 2. The van der Waals surface area contributed by atoms with Gasteiger partial charge in [0.15, 0.2) is 5.01 Å². The van der Waals surface area contributed by atoms with E-state index in [1.807, 2.05) is 24.3 Å². The molecule has 1 aliphatic rings. The predicted octanol–water partition coefficient (Wildman–Crippen LogP) is 1.84. The Labute approximate surface area is 148 Å². The number of hydrogen-bond acceptors (Lipinski definition) is 5. The number of aliphatic carboxylic acids is 1. The minimum atomic E-state index is -0.890. The highest BCUT2D eigenvalue weighted by Crippen LogP contribution is 2.23. The maximum atomic E-state index is 12.6. The first-order valence-electron chi connectivity index (χ1n) is 8.19. The van der Waals surface area contributed by atoms with Crippen LogP contribution in [0.4, 0.5) is 0 Å². The number of hydrogen-bond donors (Lipinski definition) is 1. The molecule has 0 bridgehead atoms. The molecule has 0 unspecified atom stereocenters. The molecule has 1 aromatic heterocycles. The average Bonchev–Trinajstić information content (AvgIpc) is 3.05. The topological polar surface area (TPSA) is 90.8 Å². The minimum absolute atomic E-state index is 0.00178. The van der Waals surface area contributed by atoms with Crippen LogP contribution in [0.2, 0.25) is 0 Å². The predicted molar refractivity (Wildman–Crippen MR) is 93.6 cm³/mol. The second-order valence-corrected chi connectivity index (χ2v) is 6.94. The van der Waals surface area contributed by atoms with Gasteiger partial charge in [0.1, 0.15) is 0 Å². The van der Waals surface area contributed by atoms with Gasteiger partial charge in [0.2, 0.25) is 5.91 Å². The average molecular weight is 361 g/mol. The summed E-state index contributed by atoms with van der Waals surface area (Å²) in [5.74, 6) is -1.04. The van der Waals surface area contributed by atoms with Crippen LogP contribution in [-0.4, -0.2) is 63.9 Å². The van der Waals surface area contributed by atoms with E-state index in [1.54, 1.807) is 9.80 Å². The fraction of sp³-hybridized carbons (Fsp3) is 0.412. The molecule has 1 aromatic carbocycles. The Balaban J connectivity index is 1.53. The van der Waals surface area contributed by atoms with E-state index in [-0.39, 0.29) is 24.7 Å². The molecule has 132 valence electrons. The van der Waals surface area contributed by atoms with Gasteiger partial charge in [-0.2, -0.15) is 0 Å². The van der Waals surface area contributed by atoms with Crippen molar-refractivity contribution in [2.24, 2.45) is 0 Å². The van der Waals surface area contributed by atoms with E-state index in [2.05, 4.69) is 4.98 Å². The SMILES string of the molecule is O=C(O)CCCC(=O)N1CCN(C(=O)c2nc3ccccc3s2)CC1. The number of nitrogens with zero attached hydrogens (tertiary/aromatic N) is 3. The maximum absolute atomic E-state index is 12.6. The molecule has 2 amide bonds. The van der Waals surface area contributed by atoms with Crippen LogP contribution in [-0.2, 0) is 9.59 Å². The highest BCUT2D eigenvalue weighted by molar-refractivity contribution is 7.20. The van der Waals surface area contributed by atoms with Crippen LogP contribution < -0.4 is 0 Å². The molecule has 3 rings (SSSR count). The van der Waals surface area contributed by atoms with Crippen LogP contribution in [0, 0.1) is 0 Å². The number of rotatable bonds is 5. The Morgan fingerprint density at radius 1 is 1.04 bits per heavy atom. The van der Waals surface area contributed by atoms with E-state index in [9.17, 15) is 14.4 Å². The quantitative estimate of drug-likeness (QED) is 0.877. The number of thiazole rings is 1. The smallest absolute Gasteiger partial charge is 0.303 e. The van der Waals surface area contributed by atoms with E-state index in [0.29, 0.717) is 37.6 Å². The molecule has 0 spiro atoms. The molecule has 1 saturated heterocycles. The molecule has 2 heterocycles. The molecule has 25 heavy (non-hydrogen) atoms. The molecule has 0 radical (unpaired) electrons. The van der Waals surface area contributed by atoms with Crippen molar-refractivity contribution in [3.8, 4) is 0 Å². The van der Waals surface area contributed by atoms with Crippen LogP contribution in [0.3, 0.4) is 0 Å². The van der Waals surface area contributed by atoms with Gasteiger partial charge < -0.3 is 14.9 Å². The summed E-state index contributed by atoms with van der Waals surface area (Å²) in [6, 6.07) is 7.64. The second-order valence-electron chi connectivity index (χ2n) is 5.91. The van der Waals surface area contributed by atoms with E-state index >= 15 is 0 Å². The van der Waals surface area contributed by atoms with Gasteiger partial charge in [0.05, 0.1) is 10.2 Å². The van der Waals surface area contributed by atoms with E-state index in [1.165, 1.54) is 11.3 Å². The summed E-state index contributed by atoms with van der Waals surface area (Å²) >= 11 is 1.38. The van der Waals surface area contributed by atoms with Gasteiger partial charge >= 0.3 is 5.97 Å². The van der Waals surface area contributed by atoms with Crippen LogP contribution in [0.1, 0.15) is 29.1 Å². The van der Waals surface area contributed by atoms with Gasteiger partial charge in [-0.3, -0.25) is 14.4 Å². The summed E-state index contributed by atoms with van der Waals surface area (Å²) in [5.41, 5.74) is 0.822. The number of carbonyl (C=O) groups excluding carboxylic acids is 2. The van der Waals surface area contributed by atoms with Crippen molar-refractivity contribution in [2.45, 2.75) is 19.3 Å². The van der Waals surface area contributed by atoms with Gasteiger partial charge in [-0.25, -0.2) is 4.98 Å². The summed E-state index contributed by atoms with van der Waals surface area (Å²) in [5, 5.41) is 9.09. The largest absolute Gasteiger partial charge is 0.481 e. The number of piperazine rings is 1. The van der Waals surface area contributed by atoms with Gasteiger partial charge in [-0.1, -0.05) is 12.1 Å². The molecule has 1 N–H and O–H groups in total. The Bertz CT molecular complexity index is 763. The molecule has 0 aliphatic carbocycles. The number of carboxylic acids is 1. The van der Waals surface area contributed by atoms with Crippen LogP contribution in [0.25, 0.3) is 10.2 Å². The number of aromatic nitrogens is 1. The summed E-state index contributed by atoms with van der Waals surface area (Å²) in [7, 11) is 0. The zero-order chi connectivity index (χ0) is 17.8. The Morgan fingerprint density at radius 3 is 2.40 bits per heavy atom. The van der Waals surface area contributed by atoms with Crippen molar-refractivity contribution in [3.05, 3.63) is 29.3 Å². The lowest BCUT2D eigenvalue weighted by Crippen LogP contribution is -2.50. The summed E-state index contributed by atoms with van der Waals surface area (Å²) in [6.45, 7) is 1.89. The normalized spacial score (nSPS) is 14.7. The molecular formula is C17H19N3O4S. The van der Waals surface area contributed by atoms with Crippen LogP contribution in [0.15, 0.2) is 24.3 Å². The second kappa shape index (κ2) is 7.60. The minimum Gasteiger partial charge on any atom is -0.481 e. The van der Waals surface area contributed by atoms with E-state index in [0.717, 1.165) is 10.2 Å². The third-order valence-corrected chi connectivity index (χ3v) is 5.20. The molecule has 0 saturated carbocycles. The Morgan fingerprint density at radius 2 is 1.72 bits per heavy atom. The van der Waals surface area contributed by atoms with Crippen molar-refractivity contribution < 1.29 is 19.5 Å². The lowest BCUT2D eigenvalue weighted by molar-refractivity contribution is -0.137. The first-order chi connectivity index (χ1) is 12.0. The fourth-order valence-electron chi connectivity index (χ4n) is 2.81. The lowest BCUT2D eigenvalue weighted by atomic mass is 10.2. The zero-order valence-corrected chi connectivity index (χ0v) is 14.5. The fourth-order valence-corrected chi connectivity index (χ4v) is 3.74. The monoisotopic (exact) mass is 361 g/mol. The zero-order valence-electron chi connectivity index (χ0n) is 13.7. The molecule has 1 aliphatic heterocycles. The highest BCUT2D eigenvalue weighted by Gasteiger charge is 2.26. The molecule has 7 nitrogen and oxygen atoms in total. The Kier molecular flexibility index (Phi) is 5.28. The summed E-state index contributed by atoms with van der Waals surface area (Å²) in [6.07, 6.45) is 0.582. The van der Waals surface area contributed by atoms with Crippen molar-refractivity contribution in [2.75, 3.05) is 26.2 Å². The molecule has 0 atom stereocenters. The molecule has 1 fully saturated rings. The Hall–Kier alpha value is -2.48. The third kappa shape index (κ3) is 4.14. The molecule has 2 aromatic rings. The van der Waals surface area contributed by atoms with Crippen LogP contribution >= 0.6 is 11.3 Å². The van der Waals surface area contributed by atoms with Crippen molar-refractivity contribution in [1.82, 2.24) is 14.8 Å². The highest BCUT2D eigenvalue weighted by atomic mass is 32.1. The first-order valence-corrected chi connectivity index (χ1v) is 9.00. The van der Waals surface area contributed by atoms with Gasteiger partial charge in [-0.15, -0.1) is 11.3 Å². The summed E-state index contributed by atoms with van der Waals surface area (Å²) in [4.78, 5) is 43.0. The van der Waals surface area contributed by atoms with Gasteiger partial charge in [0, 0.05) is 39.0 Å². The standard InChI is InChI=1S/C17H19N3O4S/c21-14(6-3-7-15(22)23)19-8-10-20(11-9-19)17(24)16-18-12-4-1-2-5-13(12)25-16/h1-2,4-5H,3,6-11H2,(H,22,23). The van der Waals surface area contributed by atoms with E-state index in [4.69, 9.17) is 5.11 Å². The van der Waals surface area contributed by atoms with Crippen molar-refractivity contribution in [3.63, 3.8) is 0 Å². The van der Waals surface area contributed by atoms with E-state index < -0.39 is 5.97 Å². The summed E-state index contributed by atoms with van der Waals surface area (Å²) < 4.78 is 0.984. The van der Waals surface area contributed by atoms with Gasteiger partial charge in [0.25, 0.3) is 5.91 Å². The lowest BCUT2D eigenvalue weighted by Gasteiger charge is -2.34. The first kappa shape index (κ1) is 17.3. The number of para-hydroxylation sites is 1. The number of benzene rings is 1. The van der Waals surface area contributed by atoms with Crippen LogP contribution in [0.5, 0.6) is 0 Å². The maximum Gasteiger partial charge on any atom is 0.303 e. The molecular weight excluding hydrogens is 342 g/mol. The number of fused-ring (bicyclic) bond motifs is 1.